The van der Waals surface area contributed by atoms with E-state index in [-0.39, 0.29) is 6.10 Å². The molecule has 4 nitrogen and oxygen atoms in total. The van der Waals surface area contributed by atoms with Crippen LogP contribution < -0.4 is 4.74 Å². The van der Waals surface area contributed by atoms with E-state index >= 15 is 0 Å². The lowest BCUT2D eigenvalue weighted by Crippen LogP contribution is -2.05. The van der Waals surface area contributed by atoms with E-state index in [2.05, 4.69) is 15.2 Å². The molecule has 2 N–H and O–H groups in total. The van der Waals surface area contributed by atoms with Gasteiger partial charge in [-0.1, -0.05) is 29.3 Å². The zero-order chi connectivity index (χ0) is 18.3. The first-order valence-electron chi connectivity index (χ1n) is 8.30. The highest BCUT2D eigenvalue weighted by Crippen LogP contribution is 2.33. The van der Waals surface area contributed by atoms with Crippen molar-refractivity contribution in [2.75, 3.05) is 0 Å². The van der Waals surface area contributed by atoms with Crippen molar-refractivity contribution >= 4 is 34.1 Å². The number of fused-ring (bicyclic) bond motifs is 1. The maximum absolute atomic E-state index is 6.34. The highest BCUT2D eigenvalue weighted by Gasteiger charge is 2.11. The Kier molecular flexibility index (Phi) is 4.39. The lowest BCUT2D eigenvalue weighted by atomic mass is 10.1. The van der Waals surface area contributed by atoms with E-state index in [0.29, 0.717) is 15.8 Å². The van der Waals surface area contributed by atoms with Crippen LogP contribution in [0.1, 0.15) is 13.8 Å². The molecular formula is C20H17Cl2N3O. The molecule has 0 atom stereocenters. The maximum atomic E-state index is 6.34. The topological polar surface area (TPSA) is 53.7 Å². The van der Waals surface area contributed by atoms with Crippen LogP contribution in [-0.4, -0.2) is 21.3 Å². The molecule has 0 bridgehead atoms. The fourth-order valence-corrected chi connectivity index (χ4v) is 3.32. The molecule has 132 valence electrons. The summed E-state index contributed by atoms with van der Waals surface area (Å²) >= 11 is 12.6. The molecule has 0 saturated heterocycles. The lowest BCUT2D eigenvalue weighted by molar-refractivity contribution is 0.242. The van der Waals surface area contributed by atoms with Crippen LogP contribution in [0.25, 0.3) is 33.4 Å². The fraction of sp³-hybridized carbons (Fsp3) is 0.150. The summed E-state index contributed by atoms with van der Waals surface area (Å²) < 4.78 is 5.68. The van der Waals surface area contributed by atoms with Gasteiger partial charge in [-0.15, -0.1) is 0 Å². The number of nitrogens with zero attached hydrogens (tertiary/aromatic N) is 1. The third-order valence-electron chi connectivity index (χ3n) is 4.11. The highest BCUT2D eigenvalue weighted by atomic mass is 35.5. The van der Waals surface area contributed by atoms with Gasteiger partial charge in [-0.2, -0.15) is 5.10 Å². The SMILES string of the molecule is CC(C)Oc1ccc(-c2cc(-c3ccc4[nH]cc(Cl)c4c3)[nH]n2)cc1Cl. The summed E-state index contributed by atoms with van der Waals surface area (Å²) in [5.74, 6) is 0.675. The first-order valence-corrected chi connectivity index (χ1v) is 9.06. The van der Waals surface area contributed by atoms with Gasteiger partial charge in [0.15, 0.2) is 0 Å². The van der Waals surface area contributed by atoms with Gasteiger partial charge in [-0.25, -0.2) is 0 Å². The second-order valence-corrected chi connectivity index (χ2v) is 7.19. The second-order valence-electron chi connectivity index (χ2n) is 6.38. The molecule has 26 heavy (non-hydrogen) atoms. The molecule has 4 rings (SSSR count). The molecule has 0 unspecified atom stereocenters. The van der Waals surface area contributed by atoms with Gasteiger partial charge in [-0.3, -0.25) is 5.10 Å². The van der Waals surface area contributed by atoms with Gasteiger partial charge in [0.2, 0.25) is 0 Å². The zero-order valence-electron chi connectivity index (χ0n) is 14.3. The molecule has 2 aromatic carbocycles. The van der Waals surface area contributed by atoms with Crippen LogP contribution in [0.5, 0.6) is 5.75 Å². The molecule has 2 aromatic heterocycles. The number of rotatable bonds is 4. The first-order chi connectivity index (χ1) is 12.5. The van der Waals surface area contributed by atoms with E-state index in [4.69, 9.17) is 27.9 Å². The molecule has 0 aliphatic heterocycles. The van der Waals surface area contributed by atoms with Crippen LogP contribution in [0.4, 0.5) is 0 Å². The minimum absolute atomic E-state index is 0.0745. The Hall–Kier alpha value is -2.43. The van der Waals surface area contributed by atoms with E-state index in [1.54, 1.807) is 6.20 Å². The Balaban J connectivity index is 1.67. The molecule has 2 heterocycles. The third-order valence-corrected chi connectivity index (χ3v) is 4.72. The molecule has 0 amide bonds. The van der Waals surface area contributed by atoms with Crippen LogP contribution in [-0.2, 0) is 0 Å². The van der Waals surface area contributed by atoms with Crippen molar-refractivity contribution in [3.8, 4) is 28.3 Å². The number of aromatic amines is 2. The second kappa shape index (κ2) is 6.71. The minimum Gasteiger partial charge on any atom is -0.489 e. The average molecular weight is 386 g/mol. The number of halogens is 2. The lowest BCUT2D eigenvalue weighted by Gasteiger charge is -2.11. The van der Waals surface area contributed by atoms with E-state index in [0.717, 1.165) is 33.4 Å². The average Bonchev–Trinajstić information content (AvgIpc) is 3.24. The van der Waals surface area contributed by atoms with Crippen molar-refractivity contribution < 1.29 is 4.74 Å². The number of hydrogen-bond acceptors (Lipinski definition) is 2. The van der Waals surface area contributed by atoms with Crippen molar-refractivity contribution in [2.45, 2.75) is 20.0 Å². The maximum Gasteiger partial charge on any atom is 0.138 e. The van der Waals surface area contributed by atoms with E-state index < -0.39 is 0 Å². The summed E-state index contributed by atoms with van der Waals surface area (Å²) in [6, 6.07) is 13.8. The number of benzene rings is 2. The number of ether oxygens (including phenoxy) is 1. The number of hydrogen-bond donors (Lipinski definition) is 2. The largest absolute Gasteiger partial charge is 0.489 e. The number of H-pyrrole nitrogens is 2. The van der Waals surface area contributed by atoms with Crippen LogP contribution in [0.3, 0.4) is 0 Å². The molecule has 0 aliphatic carbocycles. The standard InChI is InChI=1S/C20H17Cl2N3O/c1-11(2)26-20-6-4-13(8-15(20)21)19-9-18(24-25-19)12-3-5-17-14(7-12)16(22)10-23-17/h3-11,23H,1-2H3,(H,24,25). The van der Waals surface area contributed by atoms with Crippen molar-refractivity contribution in [1.82, 2.24) is 15.2 Å². The zero-order valence-corrected chi connectivity index (χ0v) is 15.8. The Labute approximate surface area is 161 Å². The van der Waals surface area contributed by atoms with Gasteiger partial charge in [0, 0.05) is 28.2 Å². The van der Waals surface area contributed by atoms with E-state index in [1.807, 2.05) is 56.3 Å². The van der Waals surface area contributed by atoms with Gasteiger partial charge in [0.05, 0.1) is 27.5 Å². The van der Waals surface area contributed by atoms with Gasteiger partial charge in [0.1, 0.15) is 5.75 Å². The fourth-order valence-electron chi connectivity index (χ4n) is 2.88. The Morgan fingerprint density at radius 1 is 0.962 bits per heavy atom. The van der Waals surface area contributed by atoms with Gasteiger partial charge >= 0.3 is 0 Å². The quantitative estimate of drug-likeness (QED) is 0.431. The molecule has 6 heteroatoms. The van der Waals surface area contributed by atoms with Crippen molar-refractivity contribution in [3.63, 3.8) is 0 Å². The van der Waals surface area contributed by atoms with E-state index in [1.165, 1.54) is 0 Å². The van der Waals surface area contributed by atoms with Crippen molar-refractivity contribution in [2.24, 2.45) is 0 Å². The smallest absolute Gasteiger partial charge is 0.138 e. The first kappa shape index (κ1) is 17.0. The molecule has 0 aliphatic rings. The predicted molar refractivity (Wildman–Crippen MR) is 107 cm³/mol. The van der Waals surface area contributed by atoms with E-state index in [9.17, 15) is 0 Å². The number of aromatic nitrogens is 3. The molecule has 4 aromatic rings. The number of nitrogens with one attached hydrogen (secondary N) is 2. The molecule has 0 fully saturated rings. The summed E-state index contributed by atoms with van der Waals surface area (Å²) in [5.41, 5.74) is 4.68. The highest BCUT2D eigenvalue weighted by molar-refractivity contribution is 6.35. The van der Waals surface area contributed by atoms with Crippen LogP contribution >= 0.6 is 23.2 Å². The normalized spacial score (nSPS) is 11.4. The van der Waals surface area contributed by atoms with Crippen molar-refractivity contribution in [1.29, 1.82) is 0 Å². The molecule has 0 saturated carbocycles. The summed E-state index contributed by atoms with van der Waals surface area (Å²) in [6.07, 6.45) is 1.86. The van der Waals surface area contributed by atoms with Crippen molar-refractivity contribution in [3.05, 3.63) is 58.7 Å². The summed E-state index contributed by atoms with van der Waals surface area (Å²) in [5, 5.41) is 9.76. The van der Waals surface area contributed by atoms with Gasteiger partial charge in [-0.05, 0) is 50.2 Å². The molecular weight excluding hydrogens is 369 g/mol. The Bertz CT molecular complexity index is 1080. The monoisotopic (exact) mass is 385 g/mol. The third kappa shape index (κ3) is 3.18. The summed E-state index contributed by atoms with van der Waals surface area (Å²) in [7, 11) is 0. The summed E-state index contributed by atoms with van der Waals surface area (Å²) in [6.45, 7) is 3.94. The molecule has 0 radical (unpaired) electrons. The van der Waals surface area contributed by atoms with Gasteiger partial charge in [0.25, 0.3) is 0 Å². The minimum atomic E-state index is 0.0745. The van der Waals surface area contributed by atoms with Crippen LogP contribution in [0, 0.1) is 0 Å². The summed E-state index contributed by atoms with van der Waals surface area (Å²) in [4.78, 5) is 3.14. The predicted octanol–water partition coefficient (Wildman–Crippen LogP) is 6.32. The molecule has 0 spiro atoms. The van der Waals surface area contributed by atoms with Crippen LogP contribution in [0.2, 0.25) is 10.0 Å². The van der Waals surface area contributed by atoms with Gasteiger partial charge < -0.3 is 9.72 Å². The Morgan fingerprint density at radius 3 is 2.54 bits per heavy atom. The Morgan fingerprint density at radius 2 is 1.77 bits per heavy atom. The van der Waals surface area contributed by atoms with Crippen LogP contribution in [0.15, 0.2) is 48.7 Å².